The van der Waals surface area contributed by atoms with Gasteiger partial charge in [-0.05, 0) is 99.2 Å². The number of hydrogen-bond donors (Lipinski definition) is 0. The molecule has 0 aliphatic heterocycles. The average Bonchev–Trinajstić information content (AvgIpc) is 3.46. The number of allylic oxidation sites excluding steroid dienone is 14. The maximum Gasteiger partial charge on any atom is 0.164 e. The van der Waals surface area contributed by atoms with E-state index in [0.29, 0.717) is 17.5 Å². The van der Waals surface area contributed by atoms with Crippen LogP contribution < -0.4 is 0 Å². The molecule has 0 atom stereocenters. The van der Waals surface area contributed by atoms with Crippen LogP contribution >= 0.6 is 0 Å². The molecule has 6 aromatic rings. The minimum atomic E-state index is -0.0772. The molecule has 0 bridgehead atoms. The van der Waals surface area contributed by atoms with Crippen molar-refractivity contribution >= 4 is 22.4 Å². The molecule has 3 heteroatoms. The summed E-state index contributed by atoms with van der Waals surface area (Å²) in [5.41, 5.74) is 15.4. The van der Waals surface area contributed by atoms with Crippen LogP contribution in [0.1, 0.15) is 51.4 Å². The minimum Gasteiger partial charge on any atom is -0.208 e. The van der Waals surface area contributed by atoms with Crippen molar-refractivity contribution in [3.63, 3.8) is 0 Å². The van der Waals surface area contributed by atoms with Crippen molar-refractivity contribution in [2.24, 2.45) is 5.41 Å². The maximum absolute atomic E-state index is 4.97. The van der Waals surface area contributed by atoms with Crippen LogP contribution in [0.5, 0.6) is 0 Å². The van der Waals surface area contributed by atoms with E-state index in [1.54, 1.807) is 0 Å². The van der Waals surface area contributed by atoms with Gasteiger partial charge >= 0.3 is 0 Å². The van der Waals surface area contributed by atoms with Crippen LogP contribution in [0.15, 0.2) is 198 Å². The lowest BCUT2D eigenvalue weighted by Gasteiger charge is -2.25. The summed E-state index contributed by atoms with van der Waals surface area (Å²) in [6, 6.07) is 41.0. The number of aromatic nitrogens is 3. The third-order valence-electron chi connectivity index (χ3n) is 11.4. The Labute approximate surface area is 336 Å². The van der Waals surface area contributed by atoms with Crippen molar-refractivity contribution < 1.29 is 0 Å². The SMILES string of the molecule is C=C1C=CC2=C(C1)C(/C=C\C)=C(/C=C/c1cccc(-c3ccc4cccc(-c5ccc(-c6nc(C7=CCCC=C7)nc(-c7ccccc7)n6)cc5)c4c3)c1)C2(C)C. The first-order valence-electron chi connectivity index (χ1n) is 19.9. The van der Waals surface area contributed by atoms with Gasteiger partial charge in [0.05, 0.1) is 0 Å². The Morgan fingerprint density at radius 1 is 0.614 bits per heavy atom. The normalized spacial score (nSPS) is 16.3. The van der Waals surface area contributed by atoms with Crippen LogP contribution in [0.4, 0.5) is 0 Å². The third kappa shape index (κ3) is 7.02. The number of hydrogen-bond acceptors (Lipinski definition) is 3. The third-order valence-corrected chi connectivity index (χ3v) is 11.4. The molecule has 5 aromatic carbocycles. The fraction of sp³-hybridized carbons (Fsp3) is 0.130. The molecule has 0 unspecified atom stereocenters. The molecule has 1 aromatic heterocycles. The summed E-state index contributed by atoms with van der Waals surface area (Å²) in [6.45, 7) is 11.0. The van der Waals surface area contributed by atoms with Gasteiger partial charge in [-0.25, -0.2) is 15.0 Å². The molecule has 0 N–H and O–H groups in total. The van der Waals surface area contributed by atoms with Gasteiger partial charge in [0.15, 0.2) is 17.5 Å². The first kappa shape index (κ1) is 36.0. The van der Waals surface area contributed by atoms with Crippen LogP contribution in [0.3, 0.4) is 0 Å². The van der Waals surface area contributed by atoms with E-state index in [1.165, 1.54) is 55.3 Å². The summed E-state index contributed by atoms with van der Waals surface area (Å²) >= 11 is 0. The van der Waals surface area contributed by atoms with Crippen molar-refractivity contribution in [2.75, 3.05) is 0 Å². The Morgan fingerprint density at radius 3 is 2.09 bits per heavy atom. The molecular weight excluding hydrogens is 691 g/mol. The quantitative estimate of drug-likeness (QED) is 0.156. The van der Waals surface area contributed by atoms with Gasteiger partial charge in [-0.3, -0.25) is 0 Å². The highest BCUT2D eigenvalue weighted by atomic mass is 15.0. The van der Waals surface area contributed by atoms with Crippen LogP contribution in [-0.2, 0) is 0 Å². The summed E-state index contributed by atoms with van der Waals surface area (Å²) in [4.78, 5) is 14.8. The molecule has 3 nitrogen and oxygen atoms in total. The van der Waals surface area contributed by atoms with E-state index in [0.717, 1.165) is 47.1 Å². The molecule has 0 fully saturated rings. The van der Waals surface area contributed by atoms with Crippen molar-refractivity contribution in [1.29, 1.82) is 0 Å². The molecule has 276 valence electrons. The summed E-state index contributed by atoms with van der Waals surface area (Å²) in [5.74, 6) is 2.06. The molecular formula is C54H45N3. The van der Waals surface area contributed by atoms with Gasteiger partial charge in [-0.15, -0.1) is 0 Å². The standard InChI is InChI=1S/C54H45N3/c1-5-14-46-48-33-36(2)23-31-50(48)54(3,4)49(46)32-24-37-15-12-21-43(34-37)44-30-27-38-20-13-22-45(47(38)35-44)39-25-28-42(29-26-39)53-56-51(40-16-8-6-9-17-40)55-52(57-53)41-18-10-7-11-19-41/h5-6,8-10,12-32,34-35H,2,7,11,33H2,1,3-4H3/b14-5-,32-24+. The fourth-order valence-corrected chi connectivity index (χ4v) is 8.44. The molecule has 0 saturated heterocycles. The molecule has 9 rings (SSSR count). The second-order valence-electron chi connectivity index (χ2n) is 15.6. The van der Waals surface area contributed by atoms with Crippen LogP contribution in [0, 0.1) is 5.41 Å². The van der Waals surface area contributed by atoms with E-state index in [4.69, 9.17) is 15.0 Å². The van der Waals surface area contributed by atoms with E-state index >= 15 is 0 Å². The zero-order valence-corrected chi connectivity index (χ0v) is 32.8. The summed E-state index contributed by atoms with van der Waals surface area (Å²) in [7, 11) is 0. The monoisotopic (exact) mass is 735 g/mol. The van der Waals surface area contributed by atoms with Gasteiger partial charge in [-0.1, -0.05) is 184 Å². The van der Waals surface area contributed by atoms with Crippen LogP contribution in [0.25, 0.3) is 67.5 Å². The molecule has 57 heavy (non-hydrogen) atoms. The summed E-state index contributed by atoms with van der Waals surface area (Å²) in [6.07, 6.45) is 22.9. The lowest BCUT2D eigenvalue weighted by atomic mass is 9.78. The highest BCUT2D eigenvalue weighted by molar-refractivity contribution is 5.99. The number of fused-ring (bicyclic) bond motifs is 1. The Balaban J connectivity index is 1.03. The first-order chi connectivity index (χ1) is 27.9. The number of benzene rings is 5. The zero-order chi connectivity index (χ0) is 38.9. The highest BCUT2D eigenvalue weighted by Crippen LogP contribution is 2.52. The molecule has 1 heterocycles. The second kappa shape index (κ2) is 15.1. The predicted octanol–water partition coefficient (Wildman–Crippen LogP) is 14.2. The van der Waals surface area contributed by atoms with E-state index in [9.17, 15) is 0 Å². The van der Waals surface area contributed by atoms with Gasteiger partial charge in [0.1, 0.15) is 0 Å². The van der Waals surface area contributed by atoms with E-state index in [1.807, 2.05) is 30.3 Å². The maximum atomic E-state index is 4.97. The van der Waals surface area contributed by atoms with Crippen molar-refractivity contribution in [3.05, 3.63) is 210 Å². The molecule has 0 radical (unpaired) electrons. The van der Waals surface area contributed by atoms with Gasteiger partial charge in [-0.2, -0.15) is 0 Å². The fourth-order valence-electron chi connectivity index (χ4n) is 8.44. The van der Waals surface area contributed by atoms with E-state index < -0.39 is 0 Å². The molecule has 3 aliphatic rings. The van der Waals surface area contributed by atoms with Crippen molar-refractivity contribution in [1.82, 2.24) is 15.0 Å². The van der Waals surface area contributed by atoms with E-state index in [-0.39, 0.29) is 5.41 Å². The Hall–Kier alpha value is -6.71. The smallest absolute Gasteiger partial charge is 0.164 e. The van der Waals surface area contributed by atoms with Gasteiger partial charge in [0.25, 0.3) is 0 Å². The molecule has 0 amide bonds. The van der Waals surface area contributed by atoms with E-state index in [2.05, 4.69) is 167 Å². The highest BCUT2D eigenvalue weighted by Gasteiger charge is 2.37. The Morgan fingerprint density at radius 2 is 1.32 bits per heavy atom. The van der Waals surface area contributed by atoms with Crippen molar-refractivity contribution in [2.45, 2.75) is 40.0 Å². The molecule has 0 spiro atoms. The number of nitrogens with zero attached hydrogens (tertiary/aromatic N) is 3. The molecule has 0 saturated carbocycles. The lowest BCUT2D eigenvalue weighted by molar-refractivity contribution is 0.574. The Bertz CT molecular complexity index is 2780. The average molecular weight is 736 g/mol. The summed E-state index contributed by atoms with van der Waals surface area (Å²) in [5, 5.41) is 2.42. The lowest BCUT2D eigenvalue weighted by Crippen LogP contribution is -2.13. The zero-order valence-electron chi connectivity index (χ0n) is 32.8. The largest absolute Gasteiger partial charge is 0.208 e. The van der Waals surface area contributed by atoms with Gasteiger partial charge < -0.3 is 0 Å². The molecule has 3 aliphatic carbocycles. The number of rotatable bonds is 8. The Kier molecular flexibility index (Phi) is 9.52. The predicted molar refractivity (Wildman–Crippen MR) is 240 cm³/mol. The first-order valence-corrected chi connectivity index (χ1v) is 19.9. The van der Waals surface area contributed by atoms with Gasteiger partial charge in [0, 0.05) is 22.1 Å². The minimum absolute atomic E-state index is 0.0772. The van der Waals surface area contributed by atoms with Crippen molar-refractivity contribution in [3.8, 4) is 45.0 Å². The topological polar surface area (TPSA) is 38.7 Å². The summed E-state index contributed by atoms with van der Waals surface area (Å²) < 4.78 is 0. The second-order valence-corrected chi connectivity index (χ2v) is 15.6. The van der Waals surface area contributed by atoms with Crippen LogP contribution in [0.2, 0.25) is 0 Å². The van der Waals surface area contributed by atoms with Crippen LogP contribution in [-0.4, -0.2) is 15.0 Å². The van der Waals surface area contributed by atoms with Gasteiger partial charge in [0.2, 0.25) is 0 Å².